The summed E-state index contributed by atoms with van der Waals surface area (Å²) in [5.74, 6) is -0.662. The maximum atomic E-state index is 10.4. The zero-order valence-electron chi connectivity index (χ0n) is 16.4. The minimum absolute atomic E-state index is 0.333. The zero-order chi connectivity index (χ0) is 18.3. The molecular weight excluding hydrogens is 314 g/mol. The summed E-state index contributed by atoms with van der Waals surface area (Å²) in [6.07, 6.45) is 16.7. The van der Waals surface area contributed by atoms with Crippen molar-refractivity contribution in [1.82, 2.24) is 10.3 Å². The molecule has 0 atom stereocenters. The van der Waals surface area contributed by atoms with E-state index >= 15 is 0 Å². The number of aliphatic carboxylic acids is 1. The molecule has 1 heterocycles. The third-order valence-electron chi connectivity index (χ3n) is 5.04. The topological polar surface area (TPSA) is 69.9 Å². The first-order valence-corrected chi connectivity index (χ1v) is 10.2. The van der Waals surface area contributed by atoms with Crippen molar-refractivity contribution in [1.29, 1.82) is 0 Å². The van der Waals surface area contributed by atoms with Gasteiger partial charge in [-0.15, -0.1) is 0 Å². The third kappa shape index (κ3) is 11.0. The van der Waals surface area contributed by atoms with Crippen molar-refractivity contribution in [2.24, 2.45) is 0 Å². The van der Waals surface area contributed by atoms with Gasteiger partial charge in [0.1, 0.15) is 6.54 Å². The van der Waals surface area contributed by atoms with Crippen LogP contribution in [0.5, 0.6) is 0 Å². The van der Waals surface area contributed by atoms with Gasteiger partial charge in [0.15, 0.2) is 5.69 Å². The number of nitrogens with one attached hydrogen (secondary N) is 1. The molecule has 0 aliphatic carbocycles. The number of aromatic amines is 1. The highest BCUT2D eigenvalue weighted by molar-refractivity contribution is 5.66. The summed E-state index contributed by atoms with van der Waals surface area (Å²) < 4.78 is 2.15. The number of hydrogen-bond donors (Lipinski definition) is 2. The van der Waals surface area contributed by atoms with E-state index in [4.69, 9.17) is 5.11 Å². The van der Waals surface area contributed by atoms with E-state index in [-0.39, 0.29) is 0 Å². The van der Waals surface area contributed by atoms with Crippen LogP contribution in [0.4, 0.5) is 0 Å². The second-order valence-corrected chi connectivity index (χ2v) is 7.27. The van der Waals surface area contributed by atoms with E-state index in [9.17, 15) is 4.79 Å². The maximum Gasteiger partial charge on any atom is 0.303 e. The average molecular weight is 353 g/mol. The lowest BCUT2D eigenvalue weighted by atomic mass is 10.0. The van der Waals surface area contributed by atoms with E-state index in [0.717, 1.165) is 25.1 Å². The summed E-state index contributed by atoms with van der Waals surface area (Å²) in [5, 5.41) is 15.9. The van der Waals surface area contributed by atoms with Crippen molar-refractivity contribution in [2.45, 2.75) is 110 Å². The number of H-pyrrole nitrogens is 1. The Labute approximate surface area is 153 Å². The van der Waals surface area contributed by atoms with Crippen LogP contribution >= 0.6 is 0 Å². The smallest absolute Gasteiger partial charge is 0.303 e. The van der Waals surface area contributed by atoms with E-state index in [1.807, 2.05) is 6.92 Å². The lowest BCUT2D eigenvalue weighted by Gasteiger charge is -2.03. The Balaban J connectivity index is 1.77. The molecule has 0 saturated carbocycles. The molecular formula is C20H38N3O2+. The average Bonchev–Trinajstić information content (AvgIpc) is 2.90. The summed E-state index contributed by atoms with van der Waals surface area (Å²) in [7, 11) is 0. The van der Waals surface area contributed by atoms with Gasteiger partial charge in [0.05, 0.1) is 0 Å². The molecule has 25 heavy (non-hydrogen) atoms. The lowest BCUT2D eigenvalue weighted by Crippen LogP contribution is -2.38. The number of nitrogens with zero attached hydrogens (tertiary/aromatic N) is 2. The predicted molar refractivity (Wildman–Crippen MR) is 101 cm³/mol. The Morgan fingerprint density at radius 2 is 1.28 bits per heavy atom. The third-order valence-corrected chi connectivity index (χ3v) is 5.04. The van der Waals surface area contributed by atoms with Gasteiger partial charge in [-0.2, -0.15) is 4.68 Å². The molecule has 1 aromatic rings. The summed E-state index contributed by atoms with van der Waals surface area (Å²) in [6, 6.07) is 0. The summed E-state index contributed by atoms with van der Waals surface area (Å²) >= 11 is 0. The highest BCUT2D eigenvalue weighted by atomic mass is 16.4. The minimum Gasteiger partial charge on any atom is -0.481 e. The van der Waals surface area contributed by atoms with Gasteiger partial charge in [0.2, 0.25) is 5.69 Å². The first-order valence-electron chi connectivity index (χ1n) is 10.2. The molecule has 5 heteroatoms. The van der Waals surface area contributed by atoms with Crippen LogP contribution in [0, 0.1) is 13.8 Å². The van der Waals surface area contributed by atoms with Gasteiger partial charge < -0.3 is 5.11 Å². The number of carbonyl (C=O) groups is 1. The van der Waals surface area contributed by atoms with E-state index in [1.165, 1.54) is 76.3 Å². The van der Waals surface area contributed by atoms with Crippen molar-refractivity contribution in [3.05, 3.63) is 11.4 Å². The van der Waals surface area contributed by atoms with Gasteiger partial charge in [0, 0.05) is 25.4 Å². The molecule has 0 bridgehead atoms. The molecule has 2 N–H and O–H groups in total. The first kappa shape index (κ1) is 21.7. The maximum absolute atomic E-state index is 10.4. The number of unbranched alkanes of at least 4 members (excludes halogenated alkanes) is 12. The molecule has 0 radical (unpaired) electrons. The number of hydrogen-bond acceptors (Lipinski definition) is 2. The van der Waals surface area contributed by atoms with E-state index in [0.29, 0.717) is 6.42 Å². The molecule has 1 rings (SSSR count). The van der Waals surface area contributed by atoms with Crippen molar-refractivity contribution in [3.63, 3.8) is 0 Å². The highest BCUT2D eigenvalue weighted by Gasteiger charge is 2.11. The fourth-order valence-electron chi connectivity index (χ4n) is 3.19. The normalized spacial score (nSPS) is 11.1. The lowest BCUT2D eigenvalue weighted by molar-refractivity contribution is -0.759. The molecule has 144 valence electrons. The number of aryl methyl sites for hydroxylation is 2. The fourth-order valence-corrected chi connectivity index (χ4v) is 3.19. The Bertz CT molecular complexity index is 472. The predicted octanol–water partition coefficient (Wildman–Crippen LogP) is 4.86. The molecule has 0 unspecified atom stereocenters. The van der Waals surface area contributed by atoms with Crippen molar-refractivity contribution in [2.75, 3.05) is 0 Å². The second-order valence-electron chi connectivity index (χ2n) is 7.27. The first-order chi connectivity index (χ1) is 12.1. The molecule has 0 aliphatic rings. The minimum atomic E-state index is -0.662. The largest absolute Gasteiger partial charge is 0.481 e. The fraction of sp³-hybridized carbons (Fsp3) is 0.850. The van der Waals surface area contributed by atoms with Gasteiger partial charge in [-0.25, -0.2) is 0 Å². The van der Waals surface area contributed by atoms with E-state index in [1.54, 1.807) is 0 Å². The number of rotatable bonds is 16. The van der Waals surface area contributed by atoms with Gasteiger partial charge in [-0.1, -0.05) is 69.4 Å². The molecule has 0 spiro atoms. The Morgan fingerprint density at radius 3 is 1.68 bits per heavy atom. The molecule has 5 nitrogen and oxygen atoms in total. The number of carboxylic acids is 1. The van der Waals surface area contributed by atoms with Crippen LogP contribution in [0.25, 0.3) is 0 Å². The van der Waals surface area contributed by atoms with Crippen LogP contribution in [-0.2, 0) is 11.3 Å². The summed E-state index contributed by atoms with van der Waals surface area (Å²) in [4.78, 5) is 10.4. The molecule has 1 aromatic heterocycles. The van der Waals surface area contributed by atoms with Gasteiger partial charge in [-0.05, 0) is 19.3 Å². The number of aromatic nitrogens is 3. The second kappa shape index (κ2) is 13.9. The van der Waals surface area contributed by atoms with Crippen LogP contribution in [0.1, 0.15) is 101 Å². The zero-order valence-corrected chi connectivity index (χ0v) is 16.4. The van der Waals surface area contributed by atoms with Crippen LogP contribution < -0.4 is 4.68 Å². The summed E-state index contributed by atoms with van der Waals surface area (Å²) in [5.41, 5.74) is 2.35. The van der Waals surface area contributed by atoms with Crippen LogP contribution in [0.2, 0.25) is 0 Å². The Hall–Kier alpha value is -1.39. The Morgan fingerprint density at radius 1 is 0.840 bits per heavy atom. The standard InChI is InChI=1S/C20H37N3O2/c1-18-19(2)23(22-21-18)17-15-13-11-9-7-5-3-4-6-8-10-12-14-16-20(24)25/h3-17H2,1-2H3,(H,24,25)/p+1. The monoisotopic (exact) mass is 352 g/mol. The van der Waals surface area contributed by atoms with Gasteiger partial charge in [-0.3, -0.25) is 4.79 Å². The van der Waals surface area contributed by atoms with E-state index in [2.05, 4.69) is 21.9 Å². The SMILES string of the molecule is Cc1n[nH][n+](CCCCCCCCCCCCCCCC(=O)O)c1C. The van der Waals surface area contributed by atoms with Gasteiger partial charge in [0.25, 0.3) is 0 Å². The molecule has 0 fully saturated rings. The van der Waals surface area contributed by atoms with Crippen LogP contribution in [0.3, 0.4) is 0 Å². The molecule has 0 aromatic carbocycles. The van der Waals surface area contributed by atoms with Crippen LogP contribution in [-0.4, -0.2) is 21.4 Å². The van der Waals surface area contributed by atoms with E-state index < -0.39 is 5.97 Å². The van der Waals surface area contributed by atoms with Crippen molar-refractivity contribution >= 4 is 5.97 Å². The van der Waals surface area contributed by atoms with Crippen molar-refractivity contribution < 1.29 is 14.6 Å². The number of carboxylic acid groups (broad SMARTS) is 1. The molecule has 0 aliphatic heterocycles. The molecule has 0 amide bonds. The van der Waals surface area contributed by atoms with Crippen molar-refractivity contribution in [3.8, 4) is 0 Å². The summed E-state index contributed by atoms with van der Waals surface area (Å²) in [6.45, 7) is 5.22. The molecule has 0 saturated heterocycles. The van der Waals surface area contributed by atoms with Gasteiger partial charge >= 0.3 is 5.97 Å². The quantitative estimate of drug-likeness (QED) is 0.330. The Kier molecular flexibility index (Phi) is 12.0. The van der Waals surface area contributed by atoms with Crippen LogP contribution in [0.15, 0.2) is 0 Å². The highest BCUT2D eigenvalue weighted by Crippen LogP contribution is 2.13.